The van der Waals surface area contributed by atoms with Crippen LogP contribution in [0.3, 0.4) is 0 Å². The monoisotopic (exact) mass is 252 g/mol. The van der Waals surface area contributed by atoms with Gasteiger partial charge in [0.2, 0.25) is 0 Å². The van der Waals surface area contributed by atoms with Crippen molar-refractivity contribution in [3.05, 3.63) is 57.9 Å². The molecule has 0 amide bonds. The fourth-order valence-corrected chi connectivity index (χ4v) is 2.64. The molecular formula is C16H16N2O. The summed E-state index contributed by atoms with van der Waals surface area (Å²) in [7, 11) is 1.93. The Hall–Kier alpha value is -2.16. The lowest BCUT2D eigenvalue weighted by Crippen LogP contribution is -1.96. The van der Waals surface area contributed by atoms with E-state index in [4.69, 9.17) is 0 Å². The molecule has 0 saturated heterocycles. The summed E-state index contributed by atoms with van der Waals surface area (Å²) in [5.41, 5.74) is 5.95. The van der Waals surface area contributed by atoms with Crippen molar-refractivity contribution in [1.82, 2.24) is 9.78 Å². The Labute approximate surface area is 112 Å². The molecule has 0 saturated carbocycles. The van der Waals surface area contributed by atoms with Gasteiger partial charge < -0.3 is 0 Å². The van der Waals surface area contributed by atoms with Crippen LogP contribution in [-0.2, 0) is 13.5 Å². The Morgan fingerprint density at radius 3 is 2.63 bits per heavy atom. The maximum atomic E-state index is 12.3. The first-order valence-electron chi connectivity index (χ1n) is 6.41. The number of rotatable bonds is 1. The van der Waals surface area contributed by atoms with Crippen LogP contribution < -0.4 is 0 Å². The van der Waals surface area contributed by atoms with Crippen LogP contribution >= 0.6 is 0 Å². The van der Waals surface area contributed by atoms with E-state index in [0.29, 0.717) is 0 Å². The Bertz CT molecular complexity index is 708. The maximum absolute atomic E-state index is 12.3. The van der Waals surface area contributed by atoms with Gasteiger partial charge in [-0.25, -0.2) is 0 Å². The summed E-state index contributed by atoms with van der Waals surface area (Å²) in [5, 5.41) is 4.39. The highest BCUT2D eigenvalue weighted by Crippen LogP contribution is 2.28. The molecule has 0 N–H and O–H groups in total. The standard InChI is InChI=1S/C16H16N2O/c1-10-15(11(2)18(3)17-10)9-13-8-12-6-4-5-7-14(12)16(13)19/h4-7,9H,8H2,1-3H3. The van der Waals surface area contributed by atoms with Gasteiger partial charge in [0.1, 0.15) is 0 Å². The van der Waals surface area contributed by atoms with Gasteiger partial charge in [-0.2, -0.15) is 5.10 Å². The van der Waals surface area contributed by atoms with E-state index in [-0.39, 0.29) is 5.78 Å². The Balaban J connectivity index is 2.06. The van der Waals surface area contributed by atoms with Crippen molar-refractivity contribution in [1.29, 1.82) is 0 Å². The average molecular weight is 252 g/mol. The molecule has 3 heteroatoms. The number of benzene rings is 1. The lowest BCUT2D eigenvalue weighted by Gasteiger charge is -1.98. The molecule has 1 aliphatic carbocycles. The molecule has 3 nitrogen and oxygen atoms in total. The Morgan fingerprint density at radius 2 is 2.00 bits per heavy atom. The summed E-state index contributed by atoms with van der Waals surface area (Å²) >= 11 is 0. The predicted octanol–water partition coefficient (Wildman–Crippen LogP) is 2.86. The normalized spacial score (nSPS) is 16.2. The summed E-state index contributed by atoms with van der Waals surface area (Å²) in [6, 6.07) is 7.83. The van der Waals surface area contributed by atoms with Crippen molar-refractivity contribution in [2.75, 3.05) is 0 Å². The molecule has 0 aliphatic heterocycles. The van der Waals surface area contributed by atoms with E-state index in [2.05, 4.69) is 5.10 Å². The second-order valence-corrected chi connectivity index (χ2v) is 5.04. The third kappa shape index (κ3) is 1.82. The minimum Gasteiger partial charge on any atom is -0.289 e. The van der Waals surface area contributed by atoms with Crippen molar-refractivity contribution in [2.24, 2.45) is 7.05 Å². The highest BCUT2D eigenvalue weighted by Gasteiger charge is 2.24. The number of Topliss-reactive ketones (excluding diaryl/α,β-unsaturated/α-hetero) is 1. The minimum atomic E-state index is 0.151. The third-order valence-corrected chi connectivity index (χ3v) is 3.82. The third-order valence-electron chi connectivity index (χ3n) is 3.82. The summed E-state index contributed by atoms with van der Waals surface area (Å²) in [4.78, 5) is 12.3. The molecule has 0 fully saturated rings. The van der Waals surface area contributed by atoms with Crippen LogP contribution in [0.1, 0.15) is 32.9 Å². The van der Waals surface area contributed by atoms with E-state index in [1.165, 1.54) is 0 Å². The van der Waals surface area contributed by atoms with Crippen molar-refractivity contribution >= 4 is 11.9 Å². The largest absolute Gasteiger partial charge is 0.289 e. The van der Waals surface area contributed by atoms with Gasteiger partial charge in [-0.3, -0.25) is 9.48 Å². The SMILES string of the molecule is Cc1nn(C)c(C)c1C=C1Cc2ccccc2C1=O. The zero-order chi connectivity index (χ0) is 13.6. The topological polar surface area (TPSA) is 34.9 Å². The van der Waals surface area contributed by atoms with Crippen LogP contribution in [0.2, 0.25) is 0 Å². The molecule has 0 radical (unpaired) electrons. The molecule has 1 heterocycles. The lowest BCUT2D eigenvalue weighted by atomic mass is 10.1. The van der Waals surface area contributed by atoms with Crippen LogP contribution in [0.5, 0.6) is 0 Å². The Morgan fingerprint density at radius 1 is 1.26 bits per heavy atom. The second kappa shape index (κ2) is 4.19. The number of hydrogen-bond acceptors (Lipinski definition) is 2. The number of nitrogens with zero attached hydrogens (tertiary/aromatic N) is 2. The van der Waals surface area contributed by atoms with E-state index in [1.54, 1.807) is 0 Å². The number of fused-ring (bicyclic) bond motifs is 1. The highest BCUT2D eigenvalue weighted by atomic mass is 16.1. The molecule has 0 atom stereocenters. The summed E-state index contributed by atoms with van der Waals surface area (Å²) in [6.07, 6.45) is 2.72. The van der Waals surface area contributed by atoms with Crippen molar-refractivity contribution < 1.29 is 4.79 Å². The number of carbonyl (C=O) groups excluding carboxylic acids is 1. The van der Waals surface area contributed by atoms with E-state index >= 15 is 0 Å². The van der Waals surface area contributed by atoms with Crippen LogP contribution in [0.4, 0.5) is 0 Å². The van der Waals surface area contributed by atoms with Crippen molar-refractivity contribution in [3.63, 3.8) is 0 Å². The molecule has 96 valence electrons. The molecule has 0 spiro atoms. The number of carbonyl (C=O) groups is 1. The number of allylic oxidation sites excluding steroid dienone is 1. The van der Waals surface area contributed by atoms with Gasteiger partial charge in [-0.15, -0.1) is 0 Å². The fraction of sp³-hybridized carbons (Fsp3) is 0.250. The molecule has 2 aromatic rings. The molecule has 3 rings (SSSR count). The van der Waals surface area contributed by atoms with Crippen LogP contribution in [0.15, 0.2) is 29.8 Å². The van der Waals surface area contributed by atoms with E-state index in [1.807, 2.05) is 55.9 Å². The summed E-state index contributed by atoms with van der Waals surface area (Å²) in [6.45, 7) is 4.00. The minimum absolute atomic E-state index is 0.151. The maximum Gasteiger partial charge on any atom is 0.189 e. The van der Waals surface area contributed by atoms with Gasteiger partial charge in [0.05, 0.1) is 5.69 Å². The van der Waals surface area contributed by atoms with Crippen molar-refractivity contribution in [2.45, 2.75) is 20.3 Å². The van der Waals surface area contributed by atoms with Gasteiger partial charge in [0.25, 0.3) is 0 Å². The fourth-order valence-electron chi connectivity index (χ4n) is 2.64. The van der Waals surface area contributed by atoms with Gasteiger partial charge >= 0.3 is 0 Å². The highest BCUT2D eigenvalue weighted by molar-refractivity contribution is 6.15. The van der Waals surface area contributed by atoms with Crippen molar-refractivity contribution in [3.8, 4) is 0 Å². The van der Waals surface area contributed by atoms with Gasteiger partial charge in [-0.05, 0) is 25.5 Å². The zero-order valence-electron chi connectivity index (χ0n) is 11.4. The molecule has 0 unspecified atom stereocenters. The van der Waals surface area contributed by atoms with Gasteiger partial charge in [0, 0.05) is 35.9 Å². The lowest BCUT2D eigenvalue weighted by molar-refractivity contribution is 0.104. The van der Waals surface area contributed by atoms with Crippen LogP contribution in [-0.4, -0.2) is 15.6 Å². The summed E-state index contributed by atoms with van der Waals surface area (Å²) < 4.78 is 1.86. The van der Waals surface area contributed by atoms with Gasteiger partial charge in [0.15, 0.2) is 5.78 Å². The quantitative estimate of drug-likeness (QED) is 0.731. The number of aromatic nitrogens is 2. The molecule has 1 aromatic heterocycles. The first-order chi connectivity index (χ1) is 9.08. The molecule has 1 aliphatic rings. The first kappa shape index (κ1) is 11.9. The summed E-state index contributed by atoms with van der Waals surface area (Å²) in [5.74, 6) is 0.151. The van der Waals surface area contributed by atoms with Crippen LogP contribution in [0, 0.1) is 13.8 Å². The Kier molecular flexibility index (Phi) is 2.63. The predicted molar refractivity (Wildman–Crippen MR) is 75.1 cm³/mol. The number of ketones is 1. The van der Waals surface area contributed by atoms with E-state index in [0.717, 1.165) is 40.1 Å². The van der Waals surface area contributed by atoms with E-state index in [9.17, 15) is 4.79 Å². The van der Waals surface area contributed by atoms with E-state index < -0.39 is 0 Å². The zero-order valence-corrected chi connectivity index (χ0v) is 11.4. The smallest absolute Gasteiger partial charge is 0.189 e. The first-order valence-corrected chi connectivity index (χ1v) is 6.41. The van der Waals surface area contributed by atoms with Crippen LogP contribution in [0.25, 0.3) is 6.08 Å². The molecular weight excluding hydrogens is 236 g/mol. The molecule has 1 aromatic carbocycles. The molecule has 0 bridgehead atoms. The number of aryl methyl sites for hydroxylation is 2. The number of hydrogen-bond donors (Lipinski definition) is 0. The van der Waals surface area contributed by atoms with Gasteiger partial charge in [-0.1, -0.05) is 24.3 Å². The molecule has 19 heavy (non-hydrogen) atoms. The average Bonchev–Trinajstić information content (AvgIpc) is 2.83. The second-order valence-electron chi connectivity index (χ2n) is 5.04.